The van der Waals surface area contributed by atoms with Crippen molar-refractivity contribution in [2.45, 2.75) is 44.2 Å². The van der Waals surface area contributed by atoms with E-state index in [1.807, 2.05) is 0 Å². The number of ether oxygens (including phenoxy) is 1. The first-order valence-corrected chi connectivity index (χ1v) is 6.99. The van der Waals surface area contributed by atoms with Crippen LogP contribution in [-0.4, -0.2) is 55.0 Å². The van der Waals surface area contributed by atoms with Crippen molar-refractivity contribution in [2.75, 3.05) is 32.9 Å². The molecule has 0 amide bonds. The standard InChI is InChI=1S/C13H26N2O2/c14-13-5-8-17-10-11(13)9-15-6-2-1-3-12(15)4-7-16/h11-13,16H,1-10,14H2. The summed E-state index contributed by atoms with van der Waals surface area (Å²) in [5.74, 6) is 0.475. The SMILES string of the molecule is NC1CCOCC1CN1CCCCC1CCO. The van der Waals surface area contributed by atoms with Crippen molar-refractivity contribution in [3.8, 4) is 0 Å². The van der Waals surface area contributed by atoms with Crippen LogP contribution in [0.2, 0.25) is 0 Å². The molecule has 0 aliphatic carbocycles. The fourth-order valence-corrected chi connectivity index (χ4v) is 3.08. The van der Waals surface area contributed by atoms with Crippen molar-refractivity contribution < 1.29 is 9.84 Å². The zero-order valence-corrected chi connectivity index (χ0v) is 10.7. The van der Waals surface area contributed by atoms with E-state index in [2.05, 4.69) is 4.90 Å². The first kappa shape index (κ1) is 13.3. The molecule has 0 bridgehead atoms. The summed E-state index contributed by atoms with van der Waals surface area (Å²) in [6.45, 7) is 4.13. The van der Waals surface area contributed by atoms with E-state index in [1.54, 1.807) is 0 Å². The molecule has 2 saturated heterocycles. The first-order chi connectivity index (χ1) is 8.31. The third kappa shape index (κ3) is 3.65. The van der Waals surface area contributed by atoms with Crippen molar-refractivity contribution in [1.29, 1.82) is 0 Å². The summed E-state index contributed by atoms with van der Waals surface area (Å²) < 4.78 is 5.53. The minimum absolute atomic E-state index is 0.292. The van der Waals surface area contributed by atoms with Crippen LogP contribution in [-0.2, 0) is 4.74 Å². The van der Waals surface area contributed by atoms with Gasteiger partial charge in [0.05, 0.1) is 6.61 Å². The van der Waals surface area contributed by atoms with Crippen LogP contribution in [0.15, 0.2) is 0 Å². The topological polar surface area (TPSA) is 58.7 Å². The van der Waals surface area contributed by atoms with Gasteiger partial charge in [0.25, 0.3) is 0 Å². The number of aliphatic hydroxyl groups is 1. The second-order valence-electron chi connectivity index (χ2n) is 5.44. The molecule has 17 heavy (non-hydrogen) atoms. The summed E-state index contributed by atoms with van der Waals surface area (Å²) in [6.07, 6.45) is 5.70. The van der Waals surface area contributed by atoms with Gasteiger partial charge in [0.2, 0.25) is 0 Å². The van der Waals surface area contributed by atoms with E-state index in [0.29, 0.717) is 24.6 Å². The molecule has 0 spiro atoms. The molecular formula is C13H26N2O2. The Bertz CT molecular complexity index is 223. The number of hydrogen-bond donors (Lipinski definition) is 2. The number of aliphatic hydroxyl groups excluding tert-OH is 1. The Balaban J connectivity index is 1.85. The minimum atomic E-state index is 0.292. The maximum atomic E-state index is 9.12. The number of nitrogens with zero attached hydrogens (tertiary/aromatic N) is 1. The zero-order valence-electron chi connectivity index (χ0n) is 10.7. The third-order valence-corrected chi connectivity index (χ3v) is 4.21. The van der Waals surface area contributed by atoms with Crippen LogP contribution in [0, 0.1) is 5.92 Å². The van der Waals surface area contributed by atoms with Gasteiger partial charge < -0.3 is 15.6 Å². The van der Waals surface area contributed by atoms with E-state index in [0.717, 1.165) is 39.1 Å². The Morgan fingerprint density at radius 3 is 2.94 bits per heavy atom. The molecule has 0 aromatic heterocycles. The lowest BCUT2D eigenvalue weighted by Crippen LogP contribution is -2.49. The maximum Gasteiger partial charge on any atom is 0.0521 e. The summed E-state index contributed by atoms with van der Waals surface area (Å²) in [7, 11) is 0. The highest BCUT2D eigenvalue weighted by Crippen LogP contribution is 2.23. The van der Waals surface area contributed by atoms with Gasteiger partial charge in [0, 0.05) is 37.8 Å². The van der Waals surface area contributed by atoms with Crippen LogP contribution in [0.25, 0.3) is 0 Å². The largest absolute Gasteiger partial charge is 0.396 e. The molecule has 0 aromatic carbocycles. The van der Waals surface area contributed by atoms with Crippen molar-refractivity contribution >= 4 is 0 Å². The van der Waals surface area contributed by atoms with Crippen molar-refractivity contribution in [3.05, 3.63) is 0 Å². The molecule has 4 nitrogen and oxygen atoms in total. The van der Waals surface area contributed by atoms with Gasteiger partial charge in [-0.1, -0.05) is 6.42 Å². The number of piperidine rings is 1. The highest BCUT2D eigenvalue weighted by atomic mass is 16.5. The van der Waals surface area contributed by atoms with E-state index in [1.165, 1.54) is 19.3 Å². The Morgan fingerprint density at radius 2 is 2.18 bits per heavy atom. The average molecular weight is 242 g/mol. The van der Waals surface area contributed by atoms with E-state index in [9.17, 15) is 0 Å². The summed E-state index contributed by atoms with van der Waals surface area (Å²) in [6, 6.07) is 0.850. The van der Waals surface area contributed by atoms with Crippen molar-refractivity contribution in [1.82, 2.24) is 4.90 Å². The second kappa shape index (κ2) is 6.69. The normalized spacial score (nSPS) is 36.0. The van der Waals surface area contributed by atoms with Gasteiger partial charge in [0.1, 0.15) is 0 Å². The molecule has 0 radical (unpaired) electrons. The number of nitrogens with two attached hydrogens (primary N) is 1. The molecule has 0 saturated carbocycles. The third-order valence-electron chi connectivity index (χ3n) is 4.21. The van der Waals surface area contributed by atoms with Crippen LogP contribution in [0.5, 0.6) is 0 Å². The van der Waals surface area contributed by atoms with Gasteiger partial charge in [-0.2, -0.15) is 0 Å². The van der Waals surface area contributed by atoms with Gasteiger partial charge in [-0.25, -0.2) is 0 Å². The van der Waals surface area contributed by atoms with Crippen molar-refractivity contribution in [2.24, 2.45) is 11.7 Å². The number of hydrogen-bond acceptors (Lipinski definition) is 4. The molecule has 2 aliphatic heterocycles. The second-order valence-corrected chi connectivity index (χ2v) is 5.44. The van der Waals surface area contributed by atoms with Gasteiger partial charge in [-0.15, -0.1) is 0 Å². The molecule has 4 heteroatoms. The summed E-state index contributed by atoms with van der Waals surface area (Å²) in [5, 5.41) is 9.12. The molecule has 0 aromatic rings. The average Bonchev–Trinajstić information content (AvgIpc) is 2.35. The van der Waals surface area contributed by atoms with E-state index in [4.69, 9.17) is 15.6 Å². The van der Waals surface area contributed by atoms with Crippen molar-refractivity contribution in [3.63, 3.8) is 0 Å². The van der Waals surface area contributed by atoms with E-state index >= 15 is 0 Å². The number of likely N-dealkylation sites (tertiary alicyclic amines) is 1. The zero-order chi connectivity index (χ0) is 12.1. The Morgan fingerprint density at radius 1 is 1.29 bits per heavy atom. The van der Waals surface area contributed by atoms with E-state index < -0.39 is 0 Å². The smallest absolute Gasteiger partial charge is 0.0521 e. The monoisotopic (exact) mass is 242 g/mol. The van der Waals surface area contributed by atoms with Gasteiger partial charge in [-0.3, -0.25) is 4.90 Å². The molecular weight excluding hydrogens is 216 g/mol. The molecule has 2 fully saturated rings. The molecule has 3 unspecified atom stereocenters. The Hall–Kier alpha value is -0.160. The van der Waals surface area contributed by atoms with Gasteiger partial charge in [0.15, 0.2) is 0 Å². The Kier molecular flexibility index (Phi) is 5.22. The maximum absolute atomic E-state index is 9.12. The van der Waals surface area contributed by atoms with Gasteiger partial charge in [-0.05, 0) is 32.2 Å². The fraction of sp³-hybridized carbons (Fsp3) is 1.00. The summed E-state index contributed by atoms with van der Waals surface area (Å²) in [4.78, 5) is 2.53. The first-order valence-electron chi connectivity index (χ1n) is 6.99. The molecule has 3 N–H and O–H groups in total. The predicted molar refractivity (Wildman–Crippen MR) is 67.8 cm³/mol. The molecule has 2 aliphatic rings. The van der Waals surface area contributed by atoms with E-state index in [-0.39, 0.29) is 0 Å². The molecule has 100 valence electrons. The van der Waals surface area contributed by atoms with Crippen LogP contribution in [0.3, 0.4) is 0 Å². The molecule has 2 rings (SSSR count). The minimum Gasteiger partial charge on any atom is -0.396 e. The Labute approximate surface area is 104 Å². The number of rotatable bonds is 4. The quantitative estimate of drug-likeness (QED) is 0.757. The lowest BCUT2D eigenvalue weighted by molar-refractivity contribution is 0.0103. The molecule has 2 heterocycles. The van der Waals surface area contributed by atoms with Crippen LogP contribution in [0.1, 0.15) is 32.1 Å². The summed E-state index contributed by atoms with van der Waals surface area (Å²) >= 11 is 0. The van der Waals surface area contributed by atoms with Crippen LogP contribution < -0.4 is 5.73 Å². The lowest BCUT2D eigenvalue weighted by atomic mass is 9.92. The van der Waals surface area contributed by atoms with Gasteiger partial charge >= 0.3 is 0 Å². The summed E-state index contributed by atoms with van der Waals surface area (Å²) in [5.41, 5.74) is 6.16. The predicted octanol–water partition coefficient (Wildman–Crippen LogP) is 0.587. The highest BCUT2D eigenvalue weighted by Gasteiger charge is 2.29. The van der Waals surface area contributed by atoms with Crippen LogP contribution >= 0.6 is 0 Å². The fourth-order valence-electron chi connectivity index (χ4n) is 3.08. The lowest BCUT2D eigenvalue weighted by Gasteiger charge is -2.40. The highest BCUT2D eigenvalue weighted by molar-refractivity contribution is 4.84. The molecule has 3 atom stereocenters. The van der Waals surface area contributed by atoms with Crippen LogP contribution in [0.4, 0.5) is 0 Å².